The van der Waals surface area contributed by atoms with Gasteiger partial charge in [-0.15, -0.1) is 0 Å². The van der Waals surface area contributed by atoms with Gasteiger partial charge in [0.15, 0.2) is 0 Å². The number of rotatable bonds is 6. The second-order valence-corrected chi connectivity index (χ2v) is 6.02. The van der Waals surface area contributed by atoms with Crippen molar-refractivity contribution in [2.45, 2.75) is 25.8 Å². The van der Waals surface area contributed by atoms with Crippen molar-refractivity contribution in [2.75, 3.05) is 7.11 Å². The van der Waals surface area contributed by atoms with Crippen LogP contribution in [-0.2, 0) is 12.8 Å². The van der Waals surface area contributed by atoms with Crippen molar-refractivity contribution >= 4 is 15.9 Å². The molecule has 0 aromatic heterocycles. The Kier molecular flexibility index (Phi) is 5.79. The number of hydrogen-bond donors (Lipinski definition) is 2. The summed E-state index contributed by atoms with van der Waals surface area (Å²) in [6.07, 6.45) is 1.78. The highest BCUT2D eigenvalue weighted by Crippen LogP contribution is 2.26. The van der Waals surface area contributed by atoms with Crippen molar-refractivity contribution in [2.24, 2.45) is 5.84 Å². The lowest BCUT2D eigenvalue weighted by Crippen LogP contribution is -2.38. The van der Waals surface area contributed by atoms with Crippen LogP contribution in [-0.4, -0.2) is 13.2 Å². The maximum Gasteiger partial charge on any atom is 0.133 e. The summed E-state index contributed by atoms with van der Waals surface area (Å²) in [7, 11) is 1.67. The molecule has 2 aromatic carbocycles. The monoisotopic (exact) mass is 348 g/mol. The molecule has 112 valence electrons. The van der Waals surface area contributed by atoms with Gasteiger partial charge in [-0.1, -0.05) is 30.3 Å². The smallest absolute Gasteiger partial charge is 0.133 e. The zero-order chi connectivity index (χ0) is 15.2. The Labute approximate surface area is 134 Å². The Bertz CT molecular complexity index is 601. The summed E-state index contributed by atoms with van der Waals surface area (Å²) < 4.78 is 6.22. The maximum atomic E-state index is 5.73. The minimum Gasteiger partial charge on any atom is -0.496 e. The van der Waals surface area contributed by atoms with Gasteiger partial charge < -0.3 is 4.74 Å². The first kappa shape index (κ1) is 16.0. The van der Waals surface area contributed by atoms with E-state index in [-0.39, 0.29) is 6.04 Å². The van der Waals surface area contributed by atoms with Crippen LogP contribution in [0.3, 0.4) is 0 Å². The molecule has 0 saturated carbocycles. The third-order valence-electron chi connectivity index (χ3n) is 3.66. The van der Waals surface area contributed by atoms with Crippen LogP contribution in [0.2, 0.25) is 0 Å². The Hall–Kier alpha value is -1.36. The highest BCUT2D eigenvalue weighted by molar-refractivity contribution is 9.10. The molecule has 1 unspecified atom stereocenters. The van der Waals surface area contributed by atoms with Crippen molar-refractivity contribution in [1.29, 1.82) is 0 Å². The molecule has 0 fully saturated rings. The molecule has 1 atom stereocenters. The van der Waals surface area contributed by atoms with Crippen LogP contribution >= 0.6 is 15.9 Å². The van der Waals surface area contributed by atoms with Crippen LogP contribution in [0.25, 0.3) is 0 Å². The third-order valence-corrected chi connectivity index (χ3v) is 4.28. The number of nitrogens with one attached hydrogen (secondary N) is 1. The fourth-order valence-electron chi connectivity index (χ4n) is 2.42. The molecule has 4 heteroatoms. The molecule has 0 heterocycles. The zero-order valence-electron chi connectivity index (χ0n) is 12.4. The number of aryl methyl sites for hydroxylation is 1. The standard InChI is InChI=1S/C17H21BrN2O/c1-12-5-3-4-6-14(12)11-15(20-19)9-13-7-8-17(21-2)16(18)10-13/h3-8,10,15,20H,9,11,19H2,1-2H3. The van der Waals surface area contributed by atoms with Gasteiger partial charge in [0.05, 0.1) is 11.6 Å². The van der Waals surface area contributed by atoms with E-state index in [9.17, 15) is 0 Å². The van der Waals surface area contributed by atoms with Gasteiger partial charge >= 0.3 is 0 Å². The van der Waals surface area contributed by atoms with E-state index in [1.807, 2.05) is 6.07 Å². The van der Waals surface area contributed by atoms with Gasteiger partial charge in [0, 0.05) is 6.04 Å². The minimum absolute atomic E-state index is 0.200. The van der Waals surface area contributed by atoms with Crippen molar-refractivity contribution in [3.8, 4) is 5.75 Å². The topological polar surface area (TPSA) is 47.3 Å². The summed E-state index contributed by atoms with van der Waals surface area (Å²) in [6.45, 7) is 2.13. The van der Waals surface area contributed by atoms with E-state index in [4.69, 9.17) is 10.6 Å². The van der Waals surface area contributed by atoms with Gasteiger partial charge in [-0.25, -0.2) is 0 Å². The van der Waals surface area contributed by atoms with E-state index in [0.717, 1.165) is 23.1 Å². The molecular weight excluding hydrogens is 328 g/mol. The summed E-state index contributed by atoms with van der Waals surface area (Å²) in [6, 6.07) is 14.8. The number of benzene rings is 2. The molecule has 0 spiro atoms. The molecule has 21 heavy (non-hydrogen) atoms. The molecule has 0 aliphatic rings. The minimum atomic E-state index is 0.200. The fraction of sp³-hybridized carbons (Fsp3) is 0.294. The Balaban J connectivity index is 2.09. The van der Waals surface area contributed by atoms with Gasteiger partial charge in [-0.2, -0.15) is 0 Å². The van der Waals surface area contributed by atoms with Crippen LogP contribution in [0.5, 0.6) is 5.75 Å². The lowest BCUT2D eigenvalue weighted by Gasteiger charge is -2.18. The summed E-state index contributed by atoms with van der Waals surface area (Å²) in [5, 5.41) is 0. The average Bonchev–Trinajstić information content (AvgIpc) is 2.49. The summed E-state index contributed by atoms with van der Waals surface area (Å²) >= 11 is 3.52. The van der Waals surface area contributed by atoms with Gasteiger partial charge in [0.25, 0.3) is 0 Å². The van der Waals surface area contributed by atoms with E-state index < -0.39 is 0 Å². The van der Waals surface area contributed by atoms with Crippen LogP contribution in [0.4, 0.5) is 0 Å². The SMILES string of the molecule is COc1ccc(CC(Cc2ccccc2C)NN)cc1Br. The molecule has 0 aliphatic carbocycles. The second-order valence-electron chi connectivity index (χ2n) is 5.17. The number of halogens is 1. The zero-order valence-corrected chi connectivity index (χ0v) is 14.0. The summed E-state index contributed by atoms with van der Waals surface area (Å²) in [5.41, 5.74) is 6.78. The largest absolute Gasteiger partial charge is 0.496 e. The van der Waals surface area contributed by atoms with E-state index in [2.05, 4.69) is 64.7 Å². The number of ether oxygens (including phenoxy) is 1. The lowest BCUT2D eigenvalue weighted by molar-refractivity contribution is 0.411. The molecular formula is C17H21BrN2O. The van der Waals surface area contributed by atoms with Crippen molar-refractivity contribution in [3.63, 3.8) is 0 Å². The van der Waals surface area contributed by atoms with Crippen molar-refractivity contribution < 1.29 is 4.74 Å². The Morgan fingerprint density at radius 1 is 1.19 bits per heavy atom. The van der Waals surface area contributed by atoms with Gasteiger partial charge in [0.1, 0.15) is 5.75 Å². The number of hydrazine groups is 1. The van der Waals surface area contributed by atoms with E-state index in [1.165, 1.54) is 16.7 Å². The predicted molar refractivity (Wildman–Crippen MR) is 90.4 cm³/mol. The first-order valence-electron chi connectivity index (χ1n) is 6.97. The Morgan fingerprint density at radius 2 is 1.95 bits per heavy atom. The molecule has 3 N–H and O–H groups in total. The van der Waals surface area contributed by atoms with E-state index in [0.29, 0.717) is 0 Å². The normalized spacial score (nSPS) is 12.2. The van der Waals surface area contributed by atoms with Gasteiger partial charge in [-0.05, 0) is 64.5 Å². The molecule has 0 aliphatic heterocycles. The molecule has 0 amide bonds. The van der Waals surface area contributed by atoms with Gasteiger partial charge in [-0.3, -0.25) is 11.3 Å². The molecule has 2 rings (SSSR count). The van der Waals surface area contributed by atoms with Crippen LogP contribution in [0.15, 0.2) is 46.9 Å². The fourth-order valence-corrected chi connectivity index (χ4v) is 3.00. The lowest BCUT2D eigenvalue weighted by atomic mass is 9.97. The highest BCUT2D eigenvalue weighted by Gasteiger charge is 2.11. The molecule has 2 aromatic rings. The molecule has 0 bridgehead atoms. The quantitative estimate of drug-likeness (QED) is 0.621. The number of nitrogens with two attached hydrogens (primary N) is 1. The first-order valence-corrected chi connectivity index (χ1v) is 7.76. The van der Waals surface area contributed by atoms with E-state index in [1.54, 1.807) is 7.11 Å². The third kappa shape index (κ3) is 4.30. The van der Waals surface area contributed by atoms with Crippen molar-refractivity contribution in [3.05, 3.63) is 63.6 Å². The molecule has 3 nitrogen and oxygen atoms in total. The van der Waals surface area contributed by atoms with E-state index >= 15 is 0 Å². The van der Waals surface area contributed by atoms with Gasteiger partial charge in [0.2, 0.25) is 0 Å². The predicted octanol–water partition coefficient (Wildman–Crippen LogP) is 3.38. The van der Waals surface area contributed by atoms with Crippen LogP contribution < -0.4 is 16.0 Å². The Morgan fingerprint density at radius 3 is 2.57 bits per heavy atom. The summed E-state index contributed by atoms with van der Waals surface area (Å²) in [4.78, 5) is 0. The highest BCUT2D eigenvalue weighted by atomic mass is 79.9. The molecule has 0 radical (unpaired) electrons. The maximum absolute atomic E-state index is 5.73. The molecule has 0 saturated heterocycles. The second kappa shape index (κ2) is 7.59. The average molecular weight is 349 g/mol. The first-order chi connectivity index (χ1) is 10.1. The van der Waals surface area contributed by atoms with Crippen LogP contribution in [0, 0.1) is 6.92 Å². The van der Waals surface area contributed by atoms with Crippen molar-refractivity contribution in [1.82, 2.24) is 5.43 Å². The number of methoxy groups -OCH3 is 1. The van der Waals surface area contributed by atoms with Crippen LogP contribution in [0.1, 0.15) is 16.7 Å². The number of hydrogen-bond acceptors (Lipinski definition) is 3. The summed E-state index contributed by atoms with van der Waals surface area (Å²) in [5.74, 6) is 6.57.